The molecule has 0 radical (unpaired) electrons. The minimum absolute atomic E-state index is 0.197. The minimum atomic E-state index is -0.197. The van der Waals surface area contributed by atoms with Crippen LogP contribution in [0.2, 0.25) is 0 Å². The molecule has 26 heavy (non-hydrogen) atoms. The highest BCUT2D eigenvalue weighted by Crippen LogP contribution is 2.29. The normalized spacial score (nSPS) is 10.6. The standard InChI is InChI=1S/C18H13N5OS2/c19-17-20-9-8-12(21-17)14-6-7-15(26-14)16(24)23-18-22-13(10-25-18)11-4-2-1-3-5-11/h1-10H,(H2,19,20,21)(H,22,23,24). The van der Waals surface area contributed by atoms with Crippen LogP contribution in [0.3, 0.4) is 0 Å². The predicted molar refractivity (Wildman–Crippen MR) is 105 cm³/mol. The van der Waals surface area contributed by atoms with Crippen LogP contribution in [0.5, 0.6) is 0 Å². The molecule has 1 amide bonds. The van der Waals surface area contributed by atoms with E-state index in [9.17, 15) is 4.79 Å². The van der Waals surface area contributed by atoms with Gasteiger partial charge in [-0.3, -0.25) is 10.1 Å². The largest absolute Gasteiger partial charge is 0.368 e. The van der Waals surface area contributed by atoms with Crippen LogP contribution in [-0.4, -0.2) is 20.9 Å². The Bertz CT molecular complexity index is 1060. The molecule has 0 bridgehead atoms. The number of rotatable bonds is 4. The molecule has 3 aromatic heterocycles. The molecule has 8 heteroatoms. The Kier molecular flexibility index (Phi) is 4.42. The van der Waals surface area contributed by atoms with E-state index in [0.29, 0.717) is 15.7 Å². The number of thiazole rings is 1. The average molecular weight is 379 g/mol. The lowest BCUT2D eigenvalue weighted by Crippen LogP contribution is -2.09. The van der Waals surface area contributed by atoms with E-state index in [1.165, 1.54) is 22.7 Å². The number of aromatic nitrogens is 3. The highest BCUT2D eigenvalue weighted by Gasteiger charge is 2.13. The van der Waals surface area contributed by atoms with Gasteiger partial charge in [0, 0.05) is 17.1 Å². The van der Waals surface area contributed by atoms with Crippen LogP contribution in [0.4, 0.5) is 11.1 Å². The molecule has 3 heterocycles. The second-order valence-corrected chi connectivity index (χ2v) is 7.26. The molecule has 6 nitrogen and oxygen atoms in total. The van der Waals surface area contributed by atoms with Crippen molar-refractivity contribution in [1.82, 2.24) is 15.0 Å². The number of anilines is 2. The number of thiophene rings is 1. The summed E-state index contributed by atoms with van der Waals surface area (Å²) in [5.74, 6) is 0.00960. The summed E-state index contributed by atoms with van der Waals surface area (Å²) < 4.78 is 0. The van der Waals surface area contributed by atoms with Gasteiger partial charge in [-0.1, -0.05) is 30.3 Å². The third-order valence-corrected chi connectivity index (χ3v) is 5.41. The van der Waals surface area contributed by atoms with Gasteiger partial charge >= 0.3 is 0 Å². The van der Waals surface area contributed by atoms with E-state index >= 15 is 0 Å². The van der Waals surface area contributed by atoms with E-state index in [1.807, 2.05) is 41.8 Å². The topological polar surface area (TPSA) is 93.8 Å². The smallest absolute Gasteiger partial charge is 0.267 e. The zero-order valence-corrected chi connectivity index (χ0v) is 15.1. The van der Waals surface area contributed by atoms with Crippen molar-refractivity contribution in [2.45, 2.75) is 0 Å². The highest BCUT2D eigenvalue weighted by atomic mass is 32.1. The summed E-state index contributed by atoms with van der Waals surface area (Å²) in [4.78, 5) is 26.4. The van der Waals surface area contributed by atoms with E-state index in [2.05, 4.69) is 20.3 Å². The SMILES string of the molecule is Nc1nccc(-c2ccc(C(=O)Nc3nc(-c4ccccc4)cs3)s2)n1. The predicted octanol–water partition coefficient (Wildman–Crippen LogP) is 4.16. The molecule has 1 aromatic carbocycles. The number of carbonyl (C=O) groups is 1. The Balaban J connectivity index is 1.50. The molecule has 0 spiro atoms. The number of nitrogens with two attached hydrogens (primary N) is 1. The van der Waals surface area contributed by atoms with Crippen LogP contribution >= 0.6 is 22.7 Å². The molecular weight excluding hydrogens is 366 g/mol. The summed E-state index contributed by atoms with van der Waals surface area (Å²) >= 11 is 2.74. The Morgan fingerprint density at radius 1 is 1.00 bits per heavy atom. The average Bonchev–Trinajstić information content (AvgIpc) is 3.32. The van der Waals surface area contributed by atoms with Gasteiger partial charge in [0.15, 0.2) is 5.13 Å². The van der Waals surface area contributed by atoms with E-state index in [-0.39, 0.29) is 11.9 Å². The third-order valence-electron chi connectivity index (χ3n) is 3.55. The first kappa shape index (κ1) is 16.4. The van der Waals surface area contributed by atoms with Gasteiger partial charge < -0.3 is 5.73 Å². The van der Waals surface area contributed by atoms with Crippen molar-refractivity contribution in [1.29, 1.82) is 0 Å². The van der Waals surface area contributed by atoms with Crippen molar-refractivity contribution in [3.05, 3.63) is 65.0 Å². The molecule has 0 aliphatic heterocycles. The number of nitrogens with one attached hydrogen (secondary N) is 1. The summed E-state index contributed by atoms with van der Waals surface area (Å²) in [6.45, 7) is 0. The van der Waals surface area contributed by atoms with E-state index in [0.717, 1.165) is 16.1 Å². The molecule has 0 saturated carbocycles. The maximum Gasteiger partial charge on any atom is 0.267 e. The van der Waals surface area contributed by atoms with Gasteiger partial charge in [0.05, 0.1) is 21.1 Å². The lowest BCUT2D eigenvalue weighted by molar-refractivity contribution is 0.103. The van der Waals surface area contributed by atoms with E-state index < -0.39 is 0 Å². The number of nitrogens with zero attached hydrogens (tertiary/aromatic N) is 3. The zero-order valence-electron chi connectivity index (χ0n) is 13.4. The second-order valence-electron chi connectivity index (χ2n) is 5.32. The summed E-state index contributed by atoms with van der Waals surface area (Å²) in [5.41, 5.74) is 8.17. The molecule has 128 valence electrons. The van der Waals surface area contributed by atoms with Gasteiger partial charge in [-0.15, -0.1) is 22.7 Å². The van der Waals surface area contributed by atoms with Gasteiger partial charge in [-0.05, 0) is 18.2 Å². The highest BCUT2D eigenvalue weighted by molar-refractivity contribution is 7.17. The fraction of sp³-hybridized carbons (Fsp3) is 0. The van der Waals surface area contributed by atoms with Crippen LogP contribution in [0.1, 0.15) is 9.67 Å². The summed E-state index contributed by atoms with van der Waals surface area (Å²) in [6, 6.07) is 15.2. The minimum Gasteiger partial charge on any atom is -0.368 e. The molecule has 3 N–H and O–H groups in total. The number of hydrogen-bond acceptors (Lipinski definition) is 7. The fourth-order valence-corrected chi connectivity index (χ4v) is 3.93. The van der Waals surface area contributed by atoms with Crippen molar-refractivity contribution in [2.24, 2.45) is 0 Å². The number of amides is 1. The van der Waals surface area contributed by atoms with Gasteiger partial charge in [-0.2, -0.15) is 0 Å². The molecule has 0 saturated heterocycles. The van der Waals surface area contributed by atoms with Crippen LogP contribution in [0, 0.1) is 0 Å². The quantitative estimate of drug-likeness (QED) is 0.555. The number of carbonyl (C=O) groups excluding carboxylic acids is 1. The van der Waals surface area contributed by atoms with Crippen molar-refractivity contribution >= 4 is 39.7 Å². The van der Waals surface area contributed by atoms with Crippen LogP contribution in [0.25, 0.3) is 21.8 Å². The van der Waals surface area contributed by atoms with E-state index in [4.69, 9.17) is 5.73 Å². The molecule has 0 atom stereocenters. The Morgan fingerprint density at radius 2 is 1.85 bits per heavy atom. The Morgan fingerprint density at radius 3 is 2.65 bits per heavy atom. The summed E-state index contributed by atoms with van der Waals surface area (Å²) in [7, 11) is 0. The first-order valence-electron chi connectivity index (χ1n) is 7.70. The zero-order chi connectivity index (χ0) is 17.9. The number of hydrogen-bond donors (Lipinski definition) is 2. The molecule has 0 aliphatic carbocycles. The van der Waals surface area contributed by atoms with Gasteiger partial charge in [0.2, 0.25) is 5.95 Å². The maximum absolute atomic E-state index is 12.5. The van der Waals surface area contributed by atoms with Crippen molar-refractivity contribution in [3.63, 3.8) is 0 Å². The molecular formula is C18H13N5OS2. The Hall–Kier alpha value is -3.10. The summed E-state index contributed by atoms with van der Waals surface area (Å²) in [6.07, 6.45) is 1.60. The molecule has 4 aromatic rings. The van der Waals surface area contributed by atoms with Crippen LogP contribution in [-0.2, 0) is 0 Å². The van der Waals surface area contributed by atoms with Gasteiger partial charge in [-0.25, -0.2) is 15.0 Å². The maximum atomic E-state index is 12.5. The molecule has 0 aliphatic rings. The number of benzene rings is 1. The monoisotopic (exact) mass is 379 g/mol. The molecule has 0 fully saturated rings. The third kappa shape index (κ3) is 3.46. The Labute approximate surface area is 157 Å². The molecule has 4 rings (SSSR count). The van der Waals surface area contributed by atoms with Gasteiger partial charge in [0.1, 0.15) is 0 Å². The van der Waals surface area contributed by atoms with Crippen molar-refractivity contribution in [3.8, 4) is 21.8 Å². The second kappa shape index (κ2) is 7.03. The molecule has 0 unspecified atom stereocenters. The van der Waals surface area contributed by atoms with Gasteiger partial charge in [0.25, 0.3) is 5.91 Å². The van der Waals surface area contributed by atoms with Crippen molar-refractivity contribution in [2.75, 3.05) is 11.1 Å². The fourth-order valence-electron chi connectivity index (χ4n) is 2.34. The van der Waals surface area contributed by atoms with Crippen molar-refractivity contribution < 1.29 is 4.79 Å². The lowest BCUT2D eigenvalue weighted by atomic mass is 10.2. The number of nitrogen functional groups attached to an aromatic ring is 1. The van der Waals surface area contributed by atoms with Crippen LogP contribution in [0.15, 0.2) is 60.1 Å². The first-order valence-corrected chi connectivity index (χ1v) is 9.40. The summed E-state index contributed by atoms with van der Waals surface area (Å²) in [5, 5.41) is 5.34. The first-order chi connectivity index (χ1) is 12.7. The lowest BCUT2D eigenvalue weighted by Gasteiger charge is -1.99. The van der Waals surface area contributed by atoms with Crippen LogP contribution < -0.4 is 11.1 Å². The van der Waals surface area contributed by atoms with E-state index in [1.54, 1.807) is 18.3 Å².